The normalized spacial score (nSPS) is 21.9. The number of carbonyl (C=O) groups excluding carboxylic acids is 2. The number of guanidine groups is 1. The van der Waals surface area contributed by atoms with Gasteiger partial charge in [-0.25, -0.2) is 4.39 Å². The third-order valence-corrected chi connectivity index (χ3v) is 5.18. The molecule has 7 nitrogen and oxygen atoms in total. The van der Waals surface area contributed by atoms with Crippen molar-refractivity contribution < 1.29 is 14.0 Å². The summed E-state index contributed by atoms with van der Waals surface area (Å²) in [5, 5.41) is 8.89. The van der Waals surface area contributed by atoms with Gasteiger partial charge in [0.25, 0.3) is 5.91 Å². The van der Waals surface area contributed by atoms with Gasteiger partial charge in [-0.15, -0.1) is 24.0 Å². The van der Waals surface area contributed by atoms with E-state index in [-0.39, 0.29) is 40.9 Å². The number of benzene rings is 1. The van der Waals surface area contributed by atoms with Gasteiger partial charge in [0.15, 0.2) is 5.96 Å². The monoisotopic (exact) mass is 503 g/mol. The lowest BCUT2D eigenvalue weighted by Crippen LogP contribution is -2.52. The summed E-state index contributed by atoms with van der Waals surface area (Å²) < 4.78 is 13.6. The maximum atomic E-state index is 13.6. The van der Waals surface area contributed by atoms with E-state index < -0.39 is 11.7 Å². The molecular formula is C19H27FIN5O2. The van der Waals surface area contributed by atoms with Gasteiger partial charge in [0.1, 0.15) is 5.82 Å². The van der Waals surface area contributed by atoms with Crippen molar-refractivity contribution >= 4 is 41.8 Å². The van der Waals surface area contributed by atoms with Gasteiger partial charge in [-0.05, 0) is 25.0 Å². The fourth-order valence-electron chi connectivity index (χ4n) is 3.85. The highest BCUT2D eigenvalue weighted by Gasteiger charge is 2.42. The molecule has 0 saturated carbocycles. The van der Waals surface area contributed by atoms with E-state index in [1.165, 1.54) is 12.1 Å². The number of hydrogen-bond acceptors (Lipinski definition) is 3. The maximum absolute atomic E-state index is 13.6. The number of likely N-dealkylation sites (tertiary alicyclic amines) is 1. The minimum Gasteiger partial charge on any atom is -0.355 e. The average molecular weight is 503 g/mol. The lowest BCUT2D eigenvalue weighted by atomic mass is 9.79. The van der Waals surface area contributed by atoms with Gasteiger partial charge in [0.05, 0.1) is 5.56 Å². The van der Waals surface area contributed by atoms with Crippen LogP contribution >= 0.6 is 24.0 Å². The molecular weight excluding hydrogens is 476 g/mol. The topological polar surface area (TPSA) is 85.8 Å². The summed E-state index contributed by atoms with van der Waals surface area (Å²) >= 11 is 0. The molecule has 0 radical (unpaired) electrons. The van der Waals surface area contributed by atoms with Crippen molar-refractivity contribution in [3.8, 4) is 0 Å². The quantitative estimate of drug-likeness (QED) is 0.251. The Labute approximate surface area is 181 Å². The Morgan fingerprint density at radius 3 is 2.75 bits per heavy atom. The molecule has 28 heavy (non-hydrogen) atoms. The molecule has 154 valence electrons. The molecule has 0 aliphatic carbocycles. The van der Waals surface area contributed by atoms with Gasteiger partial charge < -0.3 is 20.9 Å². The maximum Gasteiger partial charge on any atom is 0.254 e. The van der Waals surface area contributed by atoms with Gasteiger partial charge in [0.2, 0.25) is 5.91 Å². The zero-order valence-electron chi connectivity index (χ0n) is 16.0. The van der Waals surface area contributed by atoms with Crippen molar-refractivity contribution in [3.05, 3.63) is 35.6 Å². The molecule has 2 saturated heterocycles. The highest BCUT2D eigenvalue weighted by Crippen LogP contribution is 2.35. The standard InChI is InChI=1S/C19H26FN5O2.HI/c1-21-18(25-10-4-7-19(13-25)11-16(26)24-12-19)23-9-8-22-17(27)14-5-2-3-6-15(14)20;/h2-3,5-6H,4,7-13H2,1H3,(H,21,23)(H,22,27)(H,24,26);1H. The smallest absolute Gasteiger partial charge is 0.254 e. The third kappa shape index (κ3) is 5.33. The second kappa shape index (κ2) is 10.0. The molecule has 1 spiro atoms. The van der Waals surface area contributed by atoms with Gasteiger partial charge in [-0.1, -0.05) is 12.1 Å². The van der Waals surface area contributed by atoms with Gasteiger partial charge in [0, 0.05) is 51.6 Å². The van der Waals surface area contributed by atoms with Crippen LogP contribution in [0.3, 0.4) is 0 Å². The van der Waals surface area contributed by atoms with Crippen molar-refractivity contribution in [3.63, 3.8) is 0 Å². The number of halogens is 2. The van der Waals surface area contributed by atoms with Crippen LogP contribution in [0.5, 0.6) is 0 Å². The largest absolute Gasteiger partial charge is 0.355 e. The van der Waals surface area contributed by atoms with E-state index in [4.69, 9.17) is 0 Å². The number of nitrogens with zero attached hydrogens (tertiary/aromatic N) is 2. The summed E-state index contributed by atoms with van der Waals surface area (Å²) in [6, 6.07) is 5.91. The highest BCUT2D eigenvalue weighted by molar-refractivity contribution is 14.0. The van der Waals surface area contributed by atoms with E-state index in [9.17, 15) is 14.0 Å². The second-order valence-corrected chi connectivity index (χ2v) is 7.19. The van der Waals surface area contributed by atoms with Crippen LogP contribution in [0.1, 0.15) is 29.6 Å². The van der Waals surface area contributed by atoms with Crippen LogP contribution < -0.4 is 16.0 Å². The predicted octanol–water partition coefficient (Wildman–Crippen LogP) is 1.35. The van der Waals surface area contributed by atoms with Crippen molar-refractivity contribution in [2.24, 2.45) is 10.4 Å². The molecule has 1 aromatic carbocycles. The fraction of sp³-hybridized carbons (Fsp3) is 0.526. The summed E-state index contributed by atoms with van der Waals surface area (Å²) in [6.07, 6.45) is 2.62. The molecule has 3 rings (SSSR count). The molecule has 9 heteroatoms. The summed E-state index contributed by atoms with van der Waals surface area (Å²) in [5.74, 6) is -0.0846. The summed E-state index contributed by atoms with van der Waals surface area (Å²) in [6.45, 7) is 3.22. The van der Waals surface area contributed by atoms with Crippen LogP contribution in [0.4, 0.5) is 4.39 Å². The number of amides is 2. The Balaban J connectivity index is 0.00000280. The number of carbonyl (C=O) groups is 2. The van der Waals surface area contributed by atoms with E-state index in [0.29, 0.717) is 19.5 Å². The number of aliphatic imine (C=N–C) groups is 1. The van der Waals surface area contributed by atoms with Crippen LogP contribution in [-0.4, -0.2) is 62.4 Å². The Morgan fingerprint density at radius 2 is 2.07 bits per heavy atom. The van der Waals surface area contributed by atoms with Gasteiger partial charge in [-0.2, -0.15) is 0 Å². The molecule has 2 aliphatic heterocycles. The zero-order valence-corrected chi connectivity index (χ0v) is 18.3. The minimum atomic E-state index is -0.530. The molecule has 2 aliphatic rings. The lowest BCUT2D eigenvalue weighted by molar-refractivity contribution is -0.119. The number of piperidine rings is 1. The summed E-state index contributed by atoms with van der Waals surface area (Å²) in [7, 11) is 1.72. The highest BCUT2D eigenvalue weighted by atomic mass is 127. The molecule has 3 N–H and O–H groups in total. The van der Waals surface area contributed by atoms with Crippen molar-refractivity contribution in [1.82, 2.24) is 20.9 Å². The van der Waals surface area contributed by atoms with E-state index in [2.05, 4.69) is 25.8 Å². The molecule has 2 fully saturated rings. The van der Waals surface area contributed by atoms with E-state index in [1.54, 1.807) is 19.2 Å². The minimum absolute atomic E-state index is 0. The van der Waals surface area contributed by atoms with Gasteiger partial charge in [-0.3, -0.25) is 14.6 Å². The molecule has 1 aromatic rings. The molecule has 2 amide bonds. The molecule has 2 heterocycles. The third-order valence-electron chi connectivity index (χ3n) is 5.18. The van der Waals surface area contributed by atoms with Crippen LogP contribution in [0.15, 0.2) is 29.3 Å². The first-order valence-electron chi connectivity index (χ1n) is 9.28. The van der Waals surface area contributed by atoms with Gasteiger partial charge >= 0.3 is 0 Å². The SMILES string of the molecule is CN=C(NCCNC(=O)c1ccccc1F)N1CCCC2(CNC(=O)C2)C1.I. The first-order chi connectivity index (χ1) is 13.0. The Kier molecular flexibility index (Phi) is 8.02. The molecule has 0 bridgehead atoms. The molecule has 1 unspecified atom stereocenters. The Hall–Kier alpha value is -1.91. The van der Waals surface area contributed by atoms with Crippen molar-refractivity contribution in [2.45, 2.75) is 19.3 Å². The summed E-state index contributed by atoms with van der Waals surface area (Å²) in [4.78, 5) is 30.2. The molecule has 1 atom stereocenters. The van der Waals surface area contributed by atoms with Crippen LogP contribution in [0.2, 0.25) is 0 Å². The van der Waals surface area contributed by atoms with Crippen molar-refractivity contribution in [1.29, 1.82) is 0 Å². The van der Waals surface area contributed by atoms with Crippen LogP contribution in [-0.2, 0) is 4.79 Å². The van der Waals surface area contributed by atoms with E-state index >= 15 is 0 Å². The van der Waals surface area contributed by atoms with Crippen molar-refractivity contribution in [2.75, 3.05) is 39.8 Å². The van der Waals surface area contributed by atoms with E-state index in [1.807, 2.05) is 0 Å². The van der Waals surface area contributed by atoms with Crippen LogP contribution in [0, 0.1) is 11.2 Å². The van der Waals surface area contributed by atoms with Crippen LogP contribution in [0.25, 0.3) is 0 Å². The number of rotatable bonds is 4. The lowest BCUT2D eigenvalue weighted by Gasteiger charge is -2.40. The first kappa shape index (κ1) is 22.4. The first-order valence-corrected chi connectivity index (χ1v) is 9.28. The zero-order chi connectivity index (χ0) is 19.3. The molecule has 0 aromatic heterocycles. The average Bonchev–Trinajstić information content (AvgIpc) is 3.01. The summed E-state index contributed by atoms with van der Waals surface area (Å²) in [5.41, 5.74) is 0.0321. The Morgan fingerprint density at radius 1 is 1.32 bits per heavy atom. The number of hydrogen-bond donors (Lipinski definition) is 3. The predicted molar refractivity (Wildman–Crippen MR) is 116 cm³/mol. The number of nitrogens with one attached hydrogen (secondary N) is 3. The fourth-order valence-corrected chi connectivity index (χ4v) is 3.85. The van der Waals surface area contributed by atoms with E-state index in [0.717, 1.165) is 38.4 Å². The second-order valence-electron chi connectivity index (χ2n) is 7.19. The Bertz CT molecular complexity index is 745.